The predicted molar refractivity (Wildman–Crippen MR) is 62.8 cm³/mol. The summed E-state index contributed by atoms with van der Waals surface area (Å²) in [6.45, 7) is 0. The van der Waals surface area contributed by atoms with Gasteiger partial charge in [-0.1, -0.05) is 18.2 Å². The molecule has 3 nitrogen and oxygen atoms in total. The Balaban J connectivity index is 2.21. The lowest BCUT2D eigenvalue weighted by atomic mass is 9.86. The number of carbonyl (C=O) groups excluding carboxylic acids is 1. The maximum atomic E-state index is 12.2. The van der Waals surface area contributed by atoms with Gasteiger partial charge in [0.2, 0.25) is 0 Å². The first-order valence-corrected chi connectivity index (χ1v) is 5.13. The molecule has 1 atom stereocenters. The van der Waals surface area contributed by atoms with Crippen molar-refractivity contribution in [2.45, 2.75) is 0 Å². The molecule has 3 heteroatoms. The van der Waals surface area contributed by atoms with Crippen LogP contribution in [0.25, 0.3) is 0 Å². The fourth-order valence-electron chi connectivity index (χ4n) is 2.02. The van der Waals surface area contributed by atoms with Crippen molar-refractivity contribution < 1.29 is 4.79 Å². The lowest BCUT2D eigenvalue weighted by Gasteiger charge is -2.21. The van der Waals surface area contributed by atoms with E-state index in [4.69, 9.17) is 5.73 Å². The Labute approximate surface area is 93.0 Å². The lowest BCUT2D eigenvalue weighted by molar-refractivity contribution is 0.0971. The SMILES string of the molecule is NC1=CC2=Nc3ccccc3C(=O)C2C=C1. The summed E-state index contributed by atoms with van der Waals surface area (Å²) in [5, 5.41) is 0. The topological polar surface area (TPSA) is 55.4 Å². The number of Topliss-reactive ketones (excluding diaryl/α,β-unsaturated/α-hetero) is 1. The van der Waals surface area contributed by atoms with E-state index in [2.05, 4.69) is 4.99 Å². The summed E-state index contributed by atoms with van der Waals surface area (Å²) in [6.07, 6.45) is 5.33. The molecule has 1 unspecified atom stereocenters. The molecule has 0 amide bonds. The van der Waals surface area contributed by atoms with Gasteiger partial charge in [0.1, 0.15) is 0 Å². The zero-order valence-corrected chi connectivity index (χ0v) is 8.55. The third-order valence-corrected chi connectivity index (χ3v) is 2.82. The fraction of sp³-hybridized carbons (Fsp3) is 0.0769. The molecule has 3 rings (SSSR count). The van der Waals surface area contributed by atoms with E-state index in [1.54, 1.807) is 12.2 Å². The van der Waals surface area contributed by atoms with Crippen molar-refractivity contribution in [3.05, 3.63) is 53.8 Å². The highest BCUT2D eigenvalue weighted by Gasteiger charge is 2.29. The van der Waals surface area contributed by atoms with Gasteiger partial charge in [-0.05, 0) is 24.3 Å². The molecule has 1 aliphatic carbocycles. The first-order valence-electron chi connectivity index (χ1n) is 5.13. The van der Waals surface area contributed by atoms with Gasteiger partial charge in [0.05, 0.1) is 17.3 Å². The van der Waals surface area contributed by atoms with E-state index in [1.807, 2.05) is 30.3 Å². The van der Waals surface area contributed by atoms with Crippen molar-refractivity contribution in [2.24, 2.45) is 16.6 Å². The van der Waals surface area contributed by atoms with E-state index in [9.17, 15) is 4.79 Å². The van der Waals surface area contributed by atoms with E-state index in [0.29, 0.717) is 11.3 Å². The van der Waals surface area contributed by atoms with E-state index in [-0.39, 0.29) is 11.7 Å². The van der Waals surface area contributed by atoms with Crippen LogP contribution in [0.3, 0.4) is 0 Å². The summed E-state index contributed by atoms with van der Waals surface area (Å²) in [5.41, 5.74) is 8.49. The van der Waals surface area contributed by atoms with Crippen LogP contribution in [-0.2, 0) is 0 Å². The predicted octanol–water partition coefficient (Wildman–Crippen LogP) is 1.98. The second-order valence-corrected chi connectivity index (χ2v) is 3.90. The van der Waals surface area contributed by atoms with Gasteiger partial charge in [-0.25, -0.2) is 0 Å². The van der Waals surface area contributed by atoms with E-state index in [1.165, 1.54) is 0 Å². The summed E-state index contributed by atoms with van der Waals surface area (Å²) in [5.74, 6) is -0.164. The maximum absolute atomic E-state index is 12.2. The molecule has 0 aromatic heterocycles. The molecule has 16 heavy (non-hydrogen) atoms. The van der Waals surface area contributed by atoms with Crippen molar-refractivity contribution in [2.75, 3.05) is 0 Å². The minimum absolute atomic E-state index is 0.0978. The third-order valence-electron chi connectivity index (χ3n) is 2.82. The van der Waals surface area contributed by atoms with Gasteiger partial charge < -0.3 is 5.73 Å². The van der Waals surface area contributed by atoms with Crippen LogP contribution in [-0.4, -0.2) is 11.5 Å². The average Bonchev–Trinajstić information content (AvgIpc) is 2.29. The molecule has 0 saturated carbocycles. The molecule has 0 fully saturated rings. The number of aliphatic imine (C=N–C) groups is 1. The van der Waals surface area contributed by atoms with Gasteiger partial charge in [0, 0.05) is 11.3 Å². The minimum Gasteiger partial charge on any atom is -0.399 e. The number of carbonyl (C=O) groups is 1. The van der Waals surface area contributed by atoms with Crippen LogP contribution in [0, 0.1) is 5.92 Å². The highest BCUT2D eigenvalue weighted by Crippen LogP contribution is 2.31. The number of benzene rings is 1. The normalized spacial score (nSPS) is 22.0. The molecule has 1 aromatic carbocycles. The molecular weight excluding hydrogens is 200 g/mol. The molecule has 1 aliphatic heterocycles. The summed E-state index contributed by atoms with van der Waals surface area (Å²) in [4.78, 5) is 16.6. The number of hydrogen-bond acceptors (Lipinski definition) is 3. The van der Waals surface area contributed by atoms with Crippen LogP contribution >= 0.6 is 0 Å². The summed E-state index contributed by atoms with van der Waals surface area (Å²) in [6, 6.07) is 7.39. The average molecular weight is 210 g/mol. The fourth-order valence-corrected chi connectivity index (χ4v) is 2.02. The molecule has 78 valence electrons. The second-order valence-electron chi connectivity index (χ2n) is 3.90. The number of para-hydroxylation sites is 1. The number of nitrogens with two attached hydrogens (primary N) is 1. The van der Waals surface area contributed by atoms with E-state index >= 15 is 0 Å². The zero-order chi connectivity index (χ0) is 11.1. The van der Waals surface area contributed by atoms with Crippen LogP contribution in [0.5, 0.6) is 0 Å². The Morgan fingerprint density at radius 3 is 2.94 bits per heavy atom. The largest absolute Gasteiger partial charge is 0.399 e. The van der Waals surface area contributed by atoms with Crippen molar-refractivity contribution in [3.63, 3.8) is 0 Å². The quantitative estimate of drug-likeness (QED) is 0.711. The summed E-state index contributed by atoms with van der Waals surface area (Å²) >= 11 is 0. The van der Waals surface area contributed by atoms with Gasteiger partial charge in [0.15, 0.2) is 5.78 Å². The second kappa shape index (κ2) is 3.17. The van der Waals surface area contributed by atoms with Gasteiger partial charge in [0.25, 0.3) is 0 Å². The third kappa shape index (κ3) is 1.21. The molecule has 0 radical (unpaired) electrons. The number of allylic oxidation sites excluding steroid dienone is 3. The minimum atomic E-state index is -0.262. The Morgan fingerprint density at radius 1 is 1.25 bits per heavy atom. The van der Waals surface area contributed by atoms with E-state index in [0.717, 1.165) is 11.4 Å². The maximum Gasteiger partial charge on any atom is 0.177 e. The first kappa shape index (κ1) is 9.09. The molecule has 0 spiro atoms. The summed E-state index contributed by atoms with van der Waals surface area (Å²) < 4.78 is 0. The van der Waals surface area contributed by atoms with Gasteiger partial charge in [-0.3, -0.25) is 9.79 Å². The Kier molecular flexibility index (Phi) is 1.80. The standard InChI is InChI=1S/C13H10N2O/c14-8-5-6-10-12(7-8)15-11-4-2-1-3-9(11)13(10)16/h1-7,10H,14H2. The van der Waals surface area contributed by atoms with Crippen LogP contribution in [0.2, 0.25) is 0 Å². The Hall–Kier alpha value is -2.16. The van der Waals surface area contributed by atoms with Gasteiger partial charge in [-0.2, -0.15) is 0 Å². The molecule has 0 bridgehead atoms. The zero-order valence-electron chi connectivity index (χ0n) is 8.55. The van der Waals surface area contributed by atoms with Crippen molar-refractivity contribution in [3.8, 4) is 0 Å². The molecule has 0 saturated heterocycles. The number of ketones is 1. The Morgan fingerprint density at radius 2 is 2.06 bits per heavy atom. The van der Waals surface area contributed by atoms with Gasteiger partial charge in [-0.15, -0.1) is 0 Å². The molecular formula is C13H10N2O. The van der Waals surface area contributed by atoms with E-state index < -0.39 is 0 Å². The highest BCUT2D eigenvalue weighted by molar-refractivity contribution is 6.23. The lowest BCUT2D eigenvalue weighted by Crippen LogP contribution is -2.27. The number of hydrogen-bond donors (Lipinski definition) is 1. The Bertz CT molecular complexity index is 567. The van der Waals surface area contributed by atoms with Crippen LogP contribution in [0.1, 0.15) is 10.4 Å². The molecule has 2 aliphatic rings. The molecule has 2 N–H and O–H groups in total. The van der Waals surface area contributed by atoms with Crippen molar-refractivity contribution in [1.29, 1.82) is 0 Å². The summed E-state index contributed by atoms with van der Waals surface area (Å²) in [7, 11) is 0. The number of nitrogens with zero attached hydrogens (tertiary/aromatic N) is 1. The first-order chi connectivity index (χ1) is 7.75. The van der Waals surface area contributed by atoms with Gasteiger partial charge >= 0.3 is 0 Å². The van der Waals surface area contributed by atoms with Crippen LogP contribution in [0.4, 0.5) is 5.69 Å². The van der Waals surface area contributed by atoms with Crippen molar-refractivity contribution >= 4 is 17.2 Å². The number of fused-ring (bicyclic) bond motifs is 2. The number of rotatable bonds is 0. The van der Waals surface area contributed by atoms with Crippen molar-refractivity contribution in [1.82, 2.24) is 0 Å². The van der Waals surface area contributed by atoms with Crippen LogP contribution < -0.4 is 5.73 Å². The molecule has 1 heterocycles. The smallest absolute Gasteiger partial charge is 0.177 e. The molecule has 1 aromatic rings. The van der Waals surface area contributed by atoms with Crippen LogP contribution in [0.15, 0.2) is 53.2 Å². The highest BCUT2D eigenvalue weighted by atomic mass is 16.1. The monoisotopic (exact) mass is 210 g/mol.